The molecule has 1 atom stereocenters. The van der Waals surface area contributed by atoms with E-state index in [1.165, 1.54) is 29.0 Å². The van der Waals surface area contributed by atoms with Crippen molar-refractivity contribution in [3.63, 3.8) is 0 Å². The Labute approximate surface area is 129 Å². The van der Waals surface area contributed by atoms with E-state index in [1.54, 1.807) is 11.3 Å². The molecule has 1 heterocycles. The lowest BCUT2D eigenvalue weighted by Gasteiger charge is -2.10. The third-order valence-electron chi connectivity index (χ3n) is 3.95. The van der Waals surface area contributed by atoms with Gasteiger partial charge in [0, 0.05) is 11.3 Å². The first kappa shape index (κ1) is 14.3. The standard InChI is InChI=1S/C17H20N2OS/c1-12(13-7-3-2-4-8-13)11-16(20)19-17-18-14-9-5-6-10-15(14)21-17/h2-4,7-8,12H,5-6,9-11H2,1H3,(H,18,19,20). The number of hydrogen-bond acceptors (Lipinski definition) is 3. The molecule has 2 aromatic rings. The number of nitrogens with zero attached hydrogens (tertiary/aromatic N) is 1. The second kappa shape index (κ2) is 6.39. The Morgan fingerprint density at radius 1 is 1.29 bits per heavy atom. The van der Waals surface area contributed by atoms with Crippen molar-refractivity contribution in [1.82, 2.24) is 4.98 Å². The minimum absolute atomic E-state index is 0.0532. The Bertz CT molecular complexity index is 597. The Morgan fingerprint density at radius 2 is 2.05 bits per heavy atom. The van der Waals surface area contributed by atoms with E-state index in [9.17, 15) is 4.79 Å². The minimum atomic E-state index is 0.0532. The van der Waals surface area contributed by atoms with Crippen molar-refractivity contribution < 1.29 is 4.79 Å². The summed E-state index contributed by atoms with van der Waals surface area (Å²) < 4.78 is 0. The SMILES string of the molecule is CC(CC(=O)Nc1nc2c(s1)CCCC2)c1ccccc1. The fraction of sp³-hybridized carbons (Fsp3) is 0.412. The molecule has 1 aromatic carbocycles. The van der Waals surface area contributed by atoms with E-state index >= 15 is 0 Å². The van der Waals surface area contributed by atoms with Crippen molar-refractivity contribution in [3.8, 4) is 0 Å². The van der Waals surface area contributed by atoms with Crippen LogP contribution < -0.4 is 5.32 Å². The van der Waals surface area contributed by atoms with Crippen molar-refractivity contribution in [3.05, 3.63) is 46.5 Å². The average Bonchev–Trinajstić information content (AvgIpc) is 2.90. The number of nitrogens with one attached hydrogen (secondary N) is 1. The molecule has 4 heteroatoms. The van der Waals surface area contributed by atoms with Gasteiger partial charge in [0.15, 0.2) is 5.13 Å². The van der Waals surface area contributed by atoms with Crippen LogP contribution in [-0.4, -0.2) is 10.9 Å². The summed E-state index contributed by atoms with van der Waals surface area (Å²) in [5.74, 6) is 0.276. The molecule has 21 heavy (non-hydrogen) atoms. The van der Waals surface area contributed by atoms with Gasteiger partial charge in [-0.2, -0.15) is 0 Å². The topological polar surface area (TPSA) is 42.0 Å². The summed E-state index contributed by atoms with van der Waals surface area (Å²) in [5.41, 5.74) is 2.39. The van der Waals surface area contributed by atoms with Crippen LogP contribution in [0, 0.1) is 0 Å². The number of carbonyl (C=O) groups excluding carboxylic acids is 1. The number of carbonyl (C=O) groups is 1. The summed E-state index contributed by atoms with van der Waals surface area (Å²) in [6.07, 6.45) is 5.13. The van der Waals surface area contributed by atoms with Crippen LogP contribution in [0.25, 0.3) is 0 Å². The van der Waals surface area contributed by atoms with Crippen molar-refractivity contribution >= 4 is 22.4 Å². The van der Waals surface area contributed by atoms with Gasteiger partial charge >= 0.3 is 0 Å². The van der Waals surface area contributed by atoms with Crippen molar-refractivity contribution in [2.45, 2.75) is 44.9 Å². The maximum atomic E-state index is 12.2. The number of rotatable bonds is 4. The molecule has 0 spiro atoms. The summed E-state index contributed by atoms with van der Waals surface area (Å²) in [7, 11) is 0. The zero-order valence-electron chi connectivity index (χ0n) is 12.3. The van der Waals surface area contributed by atoms with Crippen LogP contribution >= 0.6 is 11.3 Å². The fourth-order valence-corrected chi connectivity index (χ4v) is 3.82. The first-order valence-corrected chi connectivity index (χ1v) is 8.37. The highest BCUT2D eigenvalue weighted by molar-refractivity contribution is 7.15. The monoisotopic (exact) mass is 300 g/mol. The smallest absolute Gasteiger partial charge is 0.226 e. The Balaban J connectivity index is 1.60. The van der Waals surface area contributed by atoms with Gasteiger partial charge in [0.1, 0.15) is 0 Å². The molecule has 110 valence electrons. The molecule has 0 fully saturated rings. The van der Waals surface area contributed by atoms with E-state index in [1.807, 2.05) is 18.2 Å². The van der Waals surface area contributed by atoms with Crippen LogP contribution in [0.4, 0.5) is 5.13 Å². The molecule has 1 amide bonds. The highest BCUT2D eigenvalue weighted by atomic mass is 32.1. The molecule has 0 saturated carbocycles. The predicted molar refractivity (Wildman–Crippen MR) is 86.9 cm³/mol. The van der Waals surface area contributed by atoms with Crippen LogP contribution in [0.1, 0.15) is 48.2 Å². The lowest BCUT2D eigenvalue weighted by atomic mass is 9.98. The molecule has 1 N–H and O–H groups in total. The molecule has 1 aromatic heterocycles. The Hall–Kier alpha value is -1.68. The second-order valence-electron chi connectivity index (χ2n) is 5.66. The van der Waals surface area contributed by atoms with Gasteiger partial charge in [-0.15, -0.1) is 11.3 Å². The minimum Gasteiger partial charge on any atom is -0.302 e. The normalized spacial score (nSPS) is 15.3. The van der Waals surface area contributed by atoms with E-state index in [-0.39, 0.29) is 11.8 Å². The van der Waals surface area contributed by atoms with Gasteiger partial charge in [0.05, 0.1) is 5.69 Å². The first-order valence-electron chi connectivity index (χ1n) is 7.56. The van der Waals surface area contributed by atoms with Crippen molar-refractivity contribution in [1.29, 1.82) is 0 Å². The zero-order valence-corrected chi connectivity index (χ0v) is 13.1. The average molecular weight is 300 g/mol. The van der Waals surface area contributed by atoms with E-state index in [0.717, 1.165) is 18.0 Å². The number of aryl methyl sites for hydroxylation is 2. The maximum absolute atomic E-state index is 12.2. The van der Waals surface area contributed by atoms with E-state index in [4.69, 9.17) is 0 Å². The van der Waals surface area contributed by atoms with E-state index in [0.29, 0.717) is 6.42 Å². The zero-order chi connectivity index (χ0) is 14.7. The van der Waals surface area contributed by atoms with Crippen molar-refractivity contribution in [2.75, 3.05) is 5.32 Å². The highest BCUT2D eigenvalue weighted by Gasteiger charge is 2.17. The third-order valence-corrected chi connectivity index (χ3v) is 5.03. The Morgan fingerprint density at radius 3 is 2.81 bits per heavy atom. The molecule has 3 nitrogen and oxygen atoms in total. The predicted octanol–water partition coefficient (Wildman–Crippen LogP) is 4.15. The number of anilines is 1. The summed E-state index contributed by atoms with van der Waals surface area (Å²) in [5, 5.41) is 3.74. The van der Waals surface area contributed by atoms with E-state index < -0.39 is 0 Å². The summed E-state index contributed by atoms with van der Waals surface area (Å²) in [6.45, 7) is 2.09. The first-order chi connectivity index (χ1) is 10.2. The second-order valence-corrected chi connectivity index (χ2v) is 6.74. The van der Waals surface area contributed by atoms with Gasteiger partial charge < -0.3 is 5.32 Å². The van der Waals surface area contributed by atoms with Crippen molar-refractivity contribution in [2.24, 2.45) is 0 Å². The lowest BCUT2D eigenvalue weighted by molar-refractivity contribution is -0.116. The van der Waals surface area contributed by atoms with Gasteiger partial charge in [0.25, 0.3) is 0 Å². The molecule has 0 aliphatic heterocycles. The molecule has 0 saturated heterocycles. The molecule has 1 aliphatic carbocycles. The fourth-order valence-electron chi connectivity index (χ4n) is 2.75. The van der Waals surface area contributed by atoms with Crippen LogP contribution in [0.5, 0.6) is 0 Å². The number of thiazole rings is 1. The molecular weight excluding hydrogens is 280 g/mol. The molecule has 3 rings (SSSR count). The lowest BCUT2D eigenvalue weighted by Crippen LogP contribution is -2.14. The maximum Gasteiger partial charge on any atom is 0.226 e. The Kier molecular flexibility index (Phi) is 4.34. The van der Waals surface area contributed by atoms with Crippen LogP contribution in [0.2, 0.25) is 0 Å². The highest BCUT2D eigenvalue weighted by Crippen LogP contribution is 2.30. The number of hydrogen-bond donors (Lipinski definition) is 1. The number of benzene rings is 1. The van der Waals surface area contributed by atoms with Gasteiger partial charge in [-0.05, 0) is 37.2 Å². The summed E-state index contributed by atoms with van der Waals surface area (Å²) in [6, 6.07) is 10.2. The summed E-state index contributed by atoms with van der Waals surface area (Å²) >= 11 is 1.64. The molecule has 0 bridgehead atoms. The van der Waals surface area contributed by atoms with Crippen LogP contribution in [0.3, 0.4) is 0 Å². The van der Waals surface area contributed by atoms with Gasteiger partial charge in [-0.1, -0.05) is 37.3 Å². The van der Waals surface area contributed by atoms with Crippen LogP contribution in [-0.2, 0) is 17.6 Å². The molecule has 1 aliphatic rings. The van der Waals surface area contributed by atoms with Crippen LogP contribution in [0.15, 0.2) is 30.3 Å². The largest absolute Gasteiger partial charge is 0.302 e. The quantitative estimate of drug-likeness (QED) is 0.921. The molecular formula is C17H20N2OS. The van der Waals surface area contributed by atoms with E-state index in [2.05, 4.69) is 29.4 Å². The van der Waals surface area contributed by atoms with Gasteiger partial charge in [0.2, 0.25) is 5.91 Å². The number of aromatic nitrogens is 1. The van der Waals surface area contributed by atoms with Gasteiger partial charge in [-0.3, -0.25) is 4.79 Å². The molecule has 0 radical (unpaired) electrons. The molecule has 1 unspecified atom stereocenters. The number of fused-ring (bicyclic) bond motifs is 1. The van der Waals surface area contributed by atoms with Gasteiger partial charge in [-0.25, -0.2) is 4.98 Å². The number of amides is 1. The summed E-state index contributed by atoms with van der Waals surface area (Å²) in [4.78, 5) is 18.1. The third kappa shape index (κ3) is 3.50.